The topological polar surface area (TPSA) is 47.4 Å². The molecule has 1 fully saturated rings. The zero-order valence-electron chi connectivity index (χ0n) is 12.8. The van der Waals surface area contributed by atoms with Gasteiger partial charge in [-0.1, -0.05) is 0 Å². The van der Waals surface area contributed by atoms with Crippen molar-refractivity contribution in [2.45, 2.75) is 44.6 Å². The standard InChI is InChI=1S/C14H21F2N3O2/c1-13(2,3)21-12(20)19-6-5-14(15,16)11(9-19)10-7-17-18(4)8-10/h7-8,11H,5-6,9H2,1-4H3. The molecule has 1 aromatic rings. The Balaban J connectivity index is 2.14. The molecule has 1 atom stereocenters. The minimum Gasteiger partial charge on any atom is -0.444 e. The van der Waals surface area contributed by atoms with E-state index < -0.39 is 23.5 Å². The Kier molecular flexibility index (Phi) is 3.95. The van der Waals surface area contributed by atoms with Gasteiger partial charge in [-0.05, 0) is 20.8 Å². The van der Waals surface area contributed by atoms with Gasteiger partial charge >= 0.3 is 6.09 Å². The zero-order chi connectivity index (χ0) is 15.8. The Bertz CT molecular complexity index is 523. The molecule has 0 aromatic carbocycles. The molecule has 2 heterocycles. The van der Waals surface area contributed by atoms with Crippen LogP contribution in [-0.4, -0.2) is 45.4 Å². The first-order chi connectivity index (χ1) is 9.58. The maximum absolute atomic E-state index is 14.1. The molecule has 2 rings (SSSR count). The summed E-state index contributed by atoms with van der Waals surface area (Å²) in [6.07, 6.45) is 2.08. The van der Waals surface area contributed by atoms with Gasteiger partial charge < -0.3 is 9.64 Å². The van der Waals surface area contributed by atoms with Crippen LogP contribution in [0.15, 0.2) is 12.4 Å². The highest BCUT2D eigenvalue weighted by Crippen LogP contribution is 2.40. The number of carbonyl (C=O) groups excluding carboxylic acids is 1. The number of halogens is 2. The third kappa shape index (κ3) is 3.71. The number of nitrogens with zero attached hydrogens (tertiary/aromatic N) is 3. The van der Waals surface area contributed by atoms with Gasteiger partial charge in [-0.2, -0.15) is 5.10 Å². The number of hydrogen-bond donors (Lipinski definition) is 0. The number of carbonyl (C=O) groups is 1. The molecule has 7 heteroatoms. The summed E-state index contributed by atoms with van der Waals surface area (Å²) in [7, 11) is 1.68. The number of aryl methyl sites for hydroxylation is 1. The maximum atomic E-state index is 14.1. The van der Waals surface area contributed by atoms with E-state index in [0.29, 0.717) is 5.56 Å². The number of hydrogen-bond acceptors (Lipinski definition) is 3. The predicted molar refractivity (Wildman–Crippen MR) is 73.3 cm³/mol. The maximum Gasteiger partial charge on any atom is 0.410 e. The van der Waals surface area contributed by atoms with Crippen molar-refractivity contribution in [3.63, 3.8) is 0 Å². The molecule has 5 nitrogen and oxygen atoms in total. The van der Waals surface area contributed by atoms with E-state index in [1.807, 2.05) is 0 Å². The second kappa shape index (κ2) is 5.27. The lowest BCUT2D eigenvalue weighted by Crippen LogP contribution is -2.49. The molecular formula is C14H21F2N3O2. The van der Waals surface area contributed by atoms with E-state index in [1.165, 1.54) is 15.8 Å². The first kappa shape index (κ1) is 15.7. The molecule has 0 spiro atoms. The SMILES string of the molecule is Cn1cc(C2CN(C(=O)OC(C)(C)C)CCC2(F)F)cn1. The number of piperidine rings is 1. The Morgan fingerprint density at radius 1 is 1.48 bits per heavy atom. The highest BCUT2D eigenvalue weighted by atomic mass is 19.3. The molecule has 0 radical (unpaired) electrons. The first-order valence-electron chi connectivity index (χ1n) is 6.93. The molecule has 1 aliphatic heterocycles. The van der Waals surface area contributed by atoms with E-state index in [0.717, 1.165) is 0 Å². The minimum absolute atomic E-state index is 0.00131. The smallest absolute Gasteiger partial charge is 0.410 e. The van der Waals surface area contributed by atoms with E-state index in [-0.39, 0.29) is 19.5 Å². The normalized spacial score (nSPS) is 22.2. The molecule has 0 saturated carbocycles. The Morgan fingerprint density at radius 2 is 2.14 bits per heavy atom. The summed E-state index contributed by atoms with van der Waals surface area (Å²) >= 11 is 0. The van der Waals surface area contributed by atoms with E-state index in [1.54, 1.807) is 34.0 Å². The first-order valence-corrected chi connectivity index (χ1v) is 6.93. The number of alkyl halides is 2. The summed E-state index contributed by atoms with van der Waals surface area (Å²) in [4.78, 5) is 13.4. The van der Waals surface area contributed by atoms with Crippen LogP contribution in [0.2, 0.25) is 0 Å². The molecule has 1 aromatic heterocycles. The average molecular weight is 301 g/mol. The molecule has 1 unspecified atom stereocenters. The van der Waals surface area contributed by atoms with Crippen molar-refractivity contribution in [2.24, 2.45) is 7.05 Å². The quantitative estimate of drug-likeness (QED) is 0.801. The monoisotopic (exact) mass is 301 g/mol. The Morgan fingerprint density at radius 3 is 2.67 bits per heavy atom. The van der Waals surface area contributed by atoms with Crippen molar-refractivity contribution in [3.05, 3.63) is 18.0 Å². The van der Waals surface area contributed by atoms with Gasteiger partial charge in [0.05, 0.1) is 12.1 Å². The number of amides is 1. The average Bonchev–Trinajstić information content (AvgIpc) is 2.72. The molecule has 0 N–H and O–H groups in total. The second-order valence-electron chi connectivity index (χ2n) is 6.44. The van der Waals surface area contributed by atoms with E-state index in [4.69, 9.17) is 4.74 Å². The summed E-state index contributed by atoms with van der Waals surface area (Å²) in [5.41, 5.74) is -0.198. The van der Waals surface area contributed by atoms with Gasteiger partial charge in [-0.15, -0.1) is 0 Å². The Hall–Kier alpha value is -1.66. The Labute approximate surface area is 122 Å². The zero-order valence-corrected chi connectivity index (χ0v) is 12.8. The van der Waals surface area contributed by atoms with E-state index in [2.05, 4.69) is 5.10 Å². The van der Waals surface area contributed by atoms with Crippen LogP contribution in [0, 0.1) is 0 Å². The van der Waals surface area contributed by atoms with Crippen LogP contribution in [-0.2, 0) is 11.8 Å². The van der Waals surface area contributed by atoms with Gasteiger partial charge in [-0.25, -0.2) is 13.6 Å². The van der Waals surface area contributed by atoms with Crippen LogP contribution < -0.4 is 0 Å². The molecule has 1 amide bonds. The third-order valence-corrected chi connectivity index (χ3v) is 3.41. The van der Waals surface area contributed by atoms with Gasteiger partial charge in [0, 0.05) is 38.3 Å². The summed E-state index contributed by atoms with van der Waals surface area (Å²) in [6.45, 7) is 5.19. The summed E-state index contributed by atoms with van der Waals surface area (Å²) < 4.78 is 35.0. The number of likely N-dealkylation sites (tertiary alicyclic amines) is 1. The molecule has 118 valence electrons. The van der Waals surface area contributed by atoms with Crippen molar-refractivity contribution in [3.8, 4) is 0 Å². The molecule has 21 heavy (non-hydrogen) atoms. The van der Waals surface area contributed by atoms with E-state index in [9.17, 15) is 13.6 Å². The van der Waals surface area contributed by atoms with Gasteiger partial charge in [0.2, 0.25) is 0 Å². The molecule has 1 aliphatic rings. The fraction of sp³-hybridized carbons (Fsp3) is 0.714. The van der Waals surface area contributed by atoms with Gasteiger partial charge in [0.25, 0.3) is 5.92 Å². The number of ether oxygens (including phenoxy) is 1. The van der Waals surface area contributed by atoms with Gasteiger partial charge in [-0.3, -0.25) is 4.68 Å². The van der Waals surface area contributed by atoms with Crippen molar-refractivity contribution >= 4 is 6.09 Å². The van der Waals surface area contributed by atoms with Crippen LogP contribution in [0.1, 0.15) is 38.7 Å². The van der Waals surface area contributed by atoms with Crippen LogP contribution >= 0.6 is 0 Å². The summed E-state index contributed by atoms with van der Waals surface area (Å²) in [5.74, 6) is -3.89. The predicted octanol–water partition coefficient (Wildman–Crippen LogP) is 2.78. The summed E-state index contributed by atoms with van der Waals surface area (Å²) in [6, 6.07) is 0. The van der Waals surface area contributed by atoms with Crippen molar-refractivity contribution in [1.29, 1.82) is 0 Å². The fourth-order valence-electron chi connectivity index (χ4n) is 2.37. The van der Waals surface area contributed by atoms with Gasteiger partial charge in [0.1, 0.15) is 5.60 Å². The second-order valence-corrected chi connectivity index (χ2v) is 6.44. The minimum atomic E-state index is -2.85. The lowest BCUT2D eigenvalue weighted by molar-refractivity contribution is -0.0771. The number of rotatable bonds is 1. The fourth-order valence-corrected chi connectivity index (χ4v) is 2.37. The molecule has 0 aliphatic carbocycles. The highest BCUT2D eigenvalue weighted by molar-refractivity contribution is 5.68. The van der Waals surface area contributed by atoms with Crippen molar-refractivity contribution < 1.29 is 18.3 Å². The lowest BCUT2D eigenvalue weighted by Gasteiger charge is -2.38. The molecular weight excluding hydrogens is 280 g/mol. The lowest BCUT2D eigenvalue weighted by atomic mass is 9.89. The van der Waals surface area contributed by atoms with Crippen LogP contribution in [0.25, 0.3) is 0 Å². The van der Waals surface area contributed by atoms with Crippen LogP contribution in [0.3, 0.4) is 0 Å². The van der Waals surface area contributed by atoms with Crippen LogP contribution in [0.5, 0.6) is 0 Å². The van der Waals surface area contributed by atoms with Crippen molar-refractivity contribution in [2.75, 3.05) is 13.1 Å². The third-order valence-electron chi connectivity index (χ3n) is 3.41. The van der Waals surface area contributed by atoms with Gasteiger partial charge in [0.15, 0.2) is 0 Å². The molecule has 1 saturated heterocycles. The largest absolute Gasteiger partial charge is 0.444 e. The van der Waals surface area contributed by atoms with Crippen molar-refractivity contribution in [1.82, 2.24) is 14.7 Å². The number of aromatic nitrogens is 2. The van der Waals surface area contributed by atoms with E-state index >= 15 is 0 Å². The summed E-state index contributed by atoms with van der Waals surface area (Å²) in [5, 5.41) is 3.94. The molecule has 0 bridgehead atoms. The highest BCUT2D eigenvalue weighted by Gasteiger charge is 2.47. The van der Waals surface area contributed by atoms with Crippen LogP contribution in [0.4, 0.5) is 13.6 Å².